The Kier molecular flexibility index (Phi) is 8.02. The van der Waals surface area contributed by atoms with Crippen molar-refractivity contribution in [2.24, 2.45) is 0 Å². The fraction of sp³-hybridized carbons (Fsp3) is 0.571. The van der Waals surface area contributed by atoms with Crippen LogP contribution in [0.3, 0.4) is 0 Å². The van der Waals surface area contributed by atoms with Gasteiger partial charge in [0.1, 0.15) is 0 Å². The van der Waals surface area contributed by atoms with Crippen LogP contribution in [0.25, 0.3) is 0 Å². The Morgan fingerprint density at radius 2 is 1.67 bits per heavy atom. The minimum absolute atomic E-state index is 0.603. The van der Waals surface area contributed by atoms with Gasteiger partial charge in [0.05, 0.1) is 0 Å². The van der Waals surface area contributed by atoms with Crippen LogP contribution in [0.2, 0.25) is 0 Å². The van der Waals surface area contributed by atoms with Crippen LogP contribution in [0.1, 0.15) is 51.3 Å². The van der Waals surface area contributed by atoms with E-state index in [0.29, 0.717) is 6.04 Å². The Morgan fingerprint density at radius 3 is 2.27 bits per heavy atom. The highest BCUT2D eigenvalue weighted by atomic mass is 14.9. The van der Waals surface area contributed by atoms with Crippen molar-refractivity contribution >= 4 is 0 Å². The molecule has 0 spiro atoms. The van der Waals surface area contributed by atoms with E-state index in [1.165, 1.54) is 24.0 Å². The largest absolute Gasteiger partial charge is 0.313 e. The number of hydrogen-bond donors (Lipinski definition) is 1. The highest BCUT2D eigenvalue weighted by Crippen LogP contribution is 2.29. The van der Waals surface area contributed by atoms with E-state index in [4.69, 9.17) is 0 Å². The molecule has 2 rings (SSSR count). The summed E-state index contributed by atoms with van der Waals surface area (Å²) >= 11 is 0. The Morgan fingerprint density at radius 1 is 1.07 bits per heavy atom. The second-order valence-electron chi connectivity index (χ2n) is 3.08. The first-order valence-electron chi connectivity index (χ1n) is 6.17. The predicted octanol–water partition coefficient (Wildman–Crippen LogP) is 3.95. The molecule has 1 atom stereocenters. The van der Waals surface area contributed by atoms with Gasteiger partial charge in [-0.3, -0.25) is 0 Å². The third kappa shape index (κ3) is 3.67. The van der Waals surface area contributed by atoms with Crippen molar-refractivity contribution in [1.29, 1.82) is 0 Å². The number of hydrogen-bond acceptors (Lipinski definition) is 1. The smallest absolute Gasteiger partial charge is 0.0323 e. The lowest BCUT2D eigenvalue weighted by Gasteiger charge is -2.08. The molecule has 1 N–H and O–H groups in total. The highest BCUT2D eigenvalue weighted by molar-refractivity contribution is 5.34. The highest BCUT2D eigenvalue weighted by Gasteiger charge is 2.19. The first kappa shape index (κ1) is 14.2. The van der Waals surface area contributed by atoms with Crippen molar-refractivity contribution < 1.29 is 0 Å². The summed E-state index contributed by atoms with van der Waals surface area (Å²) in [6, 6.07) is 9.30. The number of rotatable bonds is 1. The van der Waals surface area contributed by atoms with Crippen molar-refractivity contribution in [1.82, 2.24) is 5.32 Å². The minimum Gasteiger partial charge on any atom is -0.313 e. The first-order chi connectivity index (χ1) is 7.42. The van der Waals surface area contributed by atoms with E-state index in [1.54, 1.807) is 0 Å². The topological polar surface area (TPSA) is 12.0 Å². The Hall–Kier alpha value is -0.820. The lowest BCUT2D eigenvalue weighted by Crippen LogP contribution is -2.12. The van der Waals surface area contributed by atoms with E-state index < -0.39 is 0 Å². The average molecular weight is 207 g/mol. The molecule has 1 aliphatic rings. The molecule has 1 aromatic carbocycles. The second-order valence-corrected chi connectivity index (χ2v) is 3.08. The fourth-order valence-corrected chi connectivity index (χ4v) is 1.86. The maximum absolute atomic E-state index is 3.32. The normalized spacial score (nSPS) is 16.7. The van der Waals surface area contributed by atoms with E-state index in [1.807, 2.05) is 34.7 Å². The van der Waals surface area contributed by atoms with Gasteiger partial charge in [-0.25, -0.2) is 0 Å². The summed E-state index contributed by atoms with van der Waals surface area (Å²) < 4.78 is 0. The Bertz CT molecular complexity index is 255. The van der Waals surface area contributed by atoms with Crippen LogP contribution < -0.4 is 5.32 Å². The number of nitrogens with one attached hydrogen (secondary N) is 1. The third-order valence-corrected chi connectivity index (χ3v) is 2.48. The molecule has 1 unspecified atom stereocenters. The standard InChI is InChI=1S/C10H13N.2C2H6/c1-11-10-7-6-8-4-2-3-5-9(8)10;2*1-2/h2-5,10-11H,6-7H2,1H3;2*1-2H3. The SMILES string of the molecule is CC.CC.CNC1CCc2ccccc21. The molecular weight excluding hydrogens is 182 g/mol. The second kappa shape index (κ2) is 8.49. The Balaban J connectivity index is 0.000000442. The van der Waals surface area contributed by atoms with E-state index in [2.05, 4.69) is 29.6 Å². The van der Waals surface area contributed by atoms with Crippen LogP contribution in [0.5, 0.6) is 0 Å². The van der Waals surface area contributed by atoms with Crippen molar-refractivity contribution in [3.63, 3.8) is 0 Å². The van der Waals surface area contributed by atoms with Gasteiger partial charge >= 0.3 is 0 Å². The summed E-state index contributed by atoms with van der Waals surface area (Å²) in [5.74, 6) is 0. The first-order valence-corrected chi connectivity index (χ1v) is 6.17. The summed E-state index contributed by atoms with van der Waals surface area (Å²) in [5, 5.41) is 3.32. The quantitative estimate of drug-likeness (QED) is 0.735. The van der Waals surface area contributed by atoms with Gasteiger partial charge in [-0.2, -0.15) is 0 Å². The molecule has 1 heteroatoms. The molecule has 86 valence electrons. The molecular formula is C14H25N. The molecule has 1 aliphatic carbocycles. The molecule has 0 saturated carbocycles. The van der Waals surface area contributed by atoms with Crippen LogP contribution in [0, 0.1) is 0 Å². The van der Waals surface area contributed by atoms with Crippen molar-refractivity contribution in [2.45, 2.75) is 46.6 Å². The van der Waals surface area contributed by atoms with E-state index in [9.17, 15) is 0 Å². The number of aryl methyl sites for hydroxylation is 1. The summed E-state index contributed by atoms with van der Waals surface area (Å²) in [6.45, 7) is 8.00. The summed E-state index contributed by atoms with van der Waals surface area (Å²) in [5.41, 5.74) is 3.02. The van der Waals surface area contributed by atoms with Gasteiger partial charge in [-0.05, 0) is 31.0 Å². The summed E-state index contributed by atoms with van der Waals surface area (Å²) in [4.78, 5) is 0. The van der Waals surface area contributed by atoms with Gasteiger partial charge in [0.25, 0.3) is 0 Å². The van der Waals surface area contributed by atoms with E-state index >= 15 is 0 Å². The van der Waals surface area contributed by atoms with E-state index in [0.717, 1.165) is 0 Å². The third-order valence-electron chi connectivity index (χ3n) is 2.48. The van der Waals surface area contributed by atoms with Crippen LogP contribution in [-0.4, -0.2) is 7.05 Å². The fourth-order valence-electron chi connectivity index (χ4n) is 1.86. The lowest BCUT2D eigenvalue weighted by molar-refractivity contribution is 0.590. The van der Waals surface area contributed by atoms with Crippen LogP contribution in [0.15, 0.2) is 24.3 Å². The predicted molar refractivity (Wildman–Crippen MR) is 69.3 cm³/mol. The molecule has 0 amide bonds. The zero-order valence-corrected chi connectivity index (χ0v) is 10.8. The average Bonchev–Trinajstić information content (AvgIpc) is 2.77. The molecule has 0 radical (unpaired) electrons. The number of benzene rings is 1. The maximum Gasteiger partial charge on any atom is 0.0323 e. The monoisotopic (exact) mass is 207 g/mol. The minimum atomic E-state index is 0.603. The summed E-state index contributed by atoms with van der Waals surface area (Å²) in [7, 11) is 2.03. The lowest BCUT2D eigenvalue weighted by atomic mass is 10.1. The van der Waals surface area contributed by atoms with Gasteiger partial charge in [-0.15, -0.1) is 0 Å². The van der Waals surface area contributed by atoms with Gasteiger partial charge in [-0.1, -0.05) is 52.0 Å². The van der Waals surface area contributed by atoms with Crippen molar-refractivity contribution in [2.75, 3.05) is 7.05 Å². The van der Waals surface area contributed by atoms with Crippen LogP contribution >= 0.6 is 0 Å². The van der Waals surface area contributed by atoms with Crippen LogP contribution in [0.4, 0.5) is 0 Å². The zero-order chi connectivity index (χ0) is 11.7. The molecule has 15 heavy (non-hydrogen) atoms. The van der Waals surface area contributed by atoms with Crippen molar-refractivity contribution in [3.05, 3.63) is 35.4 Å². The molecule has 0 heterocycles. The van der Waals surface area contributed by atoms with Gasteiger partial charge in [0, 0.05) is 6.04 Å². The van der Waals surface area contributed by atoms with Gasteiger partial charge in [0.2, 0.25) is 0 Å². The van der Waals surface area contributed by atoms with Gasteiger partial charge < -0.3 is 5.32 Å². The van der Waals surface area contributed by atoms with E-state index in [-0.39, 0.29) is 0 Å². The molecule has 1 aromatic rings. The molecule has 1 nitrogen and oxygen atoms in total. The molecule has 0 fully saturated rings. The zero-order valence-electron chi connectivity index (χ0n) is 10.8. The number of fused-ring (bicyclic) bond motifs is 1. The maximum atomic E-state index is 3.32. The summed E-state index contributed by atoms with van der Waals surface area (Å²) in [6.07, 6.45) is 2.50. The Labute approximate surface area is 94.9 Å². The van der Waals surface area contributed by atoms with Crippen molar-refractivity contribution in [3.8, 4) is 0 Å². The molecule has 0 aromatic heterocycles. The van der Waals surface area contributed by atoms with Crippen LogP contribution in [-0.2, 0) is 6.42 Å². The molecule has 0 saturated heterocycles. The molecule has 0 bridgehead atoms. The molecule has 0 aliphatic heterocycles. The van der Waals surface area contributed by atoms with Gasteiger partial charge in [0.15, 0.2) is 0 Å².